The molecule has 0 spiro atoms. The number of rotatable bonds is 14. The third-order valence-electron chi connectivity index (χ3n) is 5.25. The Kier molecular flexibility index (Phi) is 14.0. The number of benzene rings is 1. The third-order valence-corrected chi connectivity index (χ3v) is 6.68. The Morgan fingerprint density at radius 2 is 1.50 bits per heavy atom. The molecule has 0 aliphatic carbocycles. The molecular formula is C22H37NaO4S. The molecule has 0 saturated carbocycles. The summed E-state index contributed by atoms with van der Waals surface area (Å²) < 4.78 is 41.1. The van der Waals surface area contributed by atoms with Crippen molar-refractivity contribution >= 4 is 10.1 Å². The Morgan fingerprint density at radius 3 is 2.00 bits per heavy atom. The van der Waals surface area contributed by atoms with E-state index in [9.17, 15) is 13.0 Å². The molecular weight excluding hydrogens is 383 g/mol. The maximum atomic E-state index is 11.7. The maximum Gasteiger partial charge on any atom is 1.00 e. The van der Waals surface area contributed by atoms with Gasteiger partial charge in [-0.05, 0) is 56.2 Å². The molecule has 1 unspecified atom stereocenters. The van der Waals surface area contributed by atoms with Crippen LogP contribution in [0.5, 0.6) is 5.75 Å². The van der Waals surface area contributed by atoms with E-state index in [0.29, 0.717) is 5.75 Å². The zero-order valence-corrected chi connectivity index (χ0v) is 21.4. The van der Waals surface area contributed by atoms with Gasteiger partial charge in [-0.25, -0.2) is 8.42 Å². The van der Waals surface area contributed by atoms with Gasteiger partial charge in [0.2, 0.25) is 0 Å². The van der Waals surface area contributed by atoms with Crippen LogP contribution in [0.4, 0.5) is 0 Å². The molecule has 0 N–H and O–H groups in total. The van der Waals surface area contributed by atoms with Crippen molar-refractivity contribution in [2.24, 2.45) is 0 Å². The summed E-state index contributed by atoms with van der Waals surface area (Å²) in [5.41, 5.74) is 2.13. The van der Waals surface area contributed by atoms with Gasteiger partial charge >= 0.3 is 29.6 Å². The fraction of sp³-hybridized carbons (Fsp3) is 0.727. The van der Waals surface area contributed by atoms with Crippen molar-refractivity contribution in [3.63, 3.8) is 0 Å². The van der Waals surface area contributed by atoms with Crippen LogP contribution in [0.15, 0.2) is 18.2 Å². The van der Waals surface area contributed by atoms with Gasteiger partial charge in [0.05, 0.1) is 0 Å². The van der Waals surface area contributed by atoms with Crippen molar-refractivity contribution in [2.75, 3.05) is 0 Å². The molecule has 1 rings (SSSR count). The van der Waals surface area contributed by atoms with Crippen molar-refractivity contribution in [1.29, 1.82) is 0 Å². The quantitative estimate of drug-likeness (QED) is 0.264. The summed E-state index contributed by atoms with van der Waals surface area (Å²) in [6, 6.07) is 6.10. The molecule has 1 atom stereocenters. The van der Waals surface area contributed by atoms with Crippen LogP contribution in [-0.2, 0) is 23.0 Å². The molecule has 0 saturated heterocycles. The van der Waals surface area contributed by atoms with E-state index in [0.717, 1.165) is 43.2 Å². The van der Waals surface area contributed by atoms with Crippen LogP contribution in [0.2, 0.25) is 0 Å². The number of ether oxygens (including phenoxy) is 1. The zero-order chi connectivity index (χ0) is 20.3. The molecule has 0 bridgehead atoms. The monoisotopic (exact) mass is 420 g/mol. The molecule has 4 nitrogen and oxygen atoms in total. The molecule has 1 aromatic rings. The Balaban J connectivity index is 0.00000729. The van der Waals surface area contributed by atoms with Crippen LogP contribution in [0, 0.1) is 0 Å². The van der Waals surface area contributed by atoms with Crippen molar-refractivity contribution < 1.29 is 47.3 Å². The second-order valence-corrected chi connectivity index (χ2v) is 9.38. The average Bonchev–Trinajstić information content (AvgIpc) is 2.62. The van der Waals surface area contributed by atoms with Gasteiger partial charge < -0.3 is 9.29 Å². The van der Waals surface area contributed by atoms with Crippen LogP contribution in [0.25, 0.3) is 0 Å². The topological polar surface area (TPSA) is 66.4 Å². The minimum atomic E-state index is -4.57. The molecule has 0 radical (unpaired) electrons. The standard InChI is InChI=1S/C22H38O4S.Na/c1-5-8-10-12-14-19-16-17-20(15-13-11-9-6-2)21(18-19)26-22(4,7-3)27(23,24)25;/h16-18H,5-15H2,1-4H3,(H,23,24,25);/q;+1/p-1. The van der Waals surface area contributed by atoms with Crippen molar-refractivity contribution in [3.8, 4) is 5.75 Å². The number of hydrogen-bond acceptors (Lipinski definition) is 4. The second-order valence-electron chi connectivity index (χ2n) is 7.61. The molecule has 0 heterocycles. The largest absolute Gasteiger partial charge is 1.00 e. The first-order chi connectivity index (χ1) is 12.8. The van der Waals surface area contributed by atoms with E-state index in [1.807, 2.05) is 12.1 Å². The fourth-order valence-electron chi connectivity index (χ4n) is 3.09. The van der Waals surface area contributed by atoms with Crippen LogP contribution in [0.3, 0.4) is 0 Å². The molecule has 0 fully saturated rings. The Labute approximate surface area is 194 Å². The summed E-state index contributed by atoms with van der Waals surface area (Å²) in [5.74, 6) is 0.559. The predicted octanol–water partition coefficient (Wildman–Crippen LogP) is 2.99. The van der Waals surface area contributed by atoms with Gasteiger partial charge in [0.25, 0.3) is 0 Å². The fourth-order valence-corrected chi connectivity index (χ4v) is 3.63. The van der Waals surface area contributed by atoms with Gasteiger partial charge in [0.15, 0.2) is 4.93 Å². The van der Waals surface area contributed by atoms with Crippen molar-refractivity contribution in [2.45, 2.75) is 103 Å². The average molecular weight is 421 g/mol. The van der Waals surface area contributed by atoms with Crippen LogP contribution in [0.1, 0.15) is 96.6 Å². The van der Waals surface area contributed by atoms with E-state index in [4.69, 9.17) is 4.74 Å². The summed E-state index contributed by atoms with van der Waals surface area (Å²) in [6.07, 6.45) is 11.1. The van der Waals surface area contributed by atoms with Crippen LogP contribution >= 0.6 is 0 Å². The van der Waals surface area contributed by atoms with Gasteiger partial charge in [0.1, 0.15) is 15.9 Å². The zero-order valence-electron chi connectivity index (χ0n) is 18.6. The molecule has 0 aliphatic rings. The maximum absolute atomic E-state index is 11.7. The van der Waals surface area contributed by atoms with Gasteiger partial charge in [-0.15, -0.1) is 0 Å². The summed E-state index contributed by atoms with van der Waals surface area (Å²) in [4.78, 5) is -1.73. The second kappa shape index (κ2) is 14.0. The first kappa shape index (κ1) is 27.9. The molecule has 28 heavy (non-hydrogen) atoms. The summed E-state index contributed by atoms with van der Waals surface area (Å²) in [5, 5.41) is 0. The van der Waals surface area contributed by atoms with Gasteiger partial charge in [0, 0.05) is 0 Å². The minimum Gasteiger partial charge on any atom is -0.745 e. The molecule has 1 aromatic carbocycles. The Bertz CT molecular complexity index is 661. The number of unbranched alkanes of at least 4 members (excludes halogenated alkanes) is 6. The number of hydrogen-bond donors (Lipinski definition) is 0. The van der Waals surface area contributed by atoms with E-state index in [1.165, 1.54) is 39.0 Å². The first-order valence-electron chi connectivity index (χ1n) is 10.5. The first-order valence-corrected chi connectivity index (χ1v) is 11.9. The molecule has 0 aromatic heterocycles. The van der Waals surface area contributed by atoms with Gasteiger partial charge in [-0.3, -0.25) is 0 Å². The molecule has 156 valence electrons. The van der Waals surface area contributed by atoms with Gasteiger partial charge in [-0.2, -0.15) is 0 Å². The Hall–Kier alpha value is -0.0700. The van der Waals surface area contributed by atoms with E-state index in [2.05, 4.69) is 19.9 Å². The third kappa shape index (κ3) is 9.17. The van der Waals surface area contributed by atoms with Crippen molar-refractivity contribution in [1.82, 2.24) is 0 Å². The predicted molar refractivity (Wildman–Crippen MR) is 111 cm³/mol. The van der Waals surface area contributed by atoms with Gasteiger partial charge in [-0.1, -0.05) is 71.4 Å². The molecule has 0 amide bonds. The molecule has 0 aliphatic heterocycles. The SMILES string of the molecule is CCCCCCc1ccc(CCCCCC)c(OC(C)(CC)S(=O)(=O)[O-])c1.[Na+]. The van der Waals surface area contributed by atoms with E-state index in [1.54, 1.807) is 6.92 Å². The smallest absolute Gasteiger partial charge is 0.745 e. The van der Waals surface area contributed by atoms with Crippen LogP contribution < -0.4 is 34.3 Å². The molecule has 6 heteroatoms. The number of aryl methyl sites for hydroxylation is 2. The van der Waals surface area contributed by atoms with E-state index >= 15 is 0 Å². The summed E-state index contributed by atoms with van der Waals surface area (Å²) in [6.45, 7) is 7.41. The summed E-state index contributed by atoms with van der Waals surface area (Å²) >= 11 is 0. The van der Waals surface area contributed by atoms with Crippen LogP contribution in [-0.4, -0.2) is 17.9 Å². The van der Waals surface area contributed by atoms with Crippen molar-refractivity contribution in [3.05, 3.63) is 29.3 Å². The minimum absolute atomic E-state index is 0. The summed E-state index contributed by atoms with van der Waals surface area (Å²) in [7, 11) is -4.57. The Morgan fingerprint density at radius 1 is 0.929 bits per heavy atom. The normalized spacial score (nSPS) is 13.6. The van der Waals surface area contributed by atoms with E-state index < -0.39 is 15.1 Å². The van der Waals surface area contributed by atoms with E-state index in [-0.39, 0.29) is 36.0 Å².